The van der Waals surface area contributed by atoms with Crippen molar-refractivity contribution in [3.63, 3.8) is 0 Å². The Bertz CT molecular complexity index is 420. The third-order valence-electron chi connectivity index (χ3n) is 2.44. The lowest BCUT2D eigenvalue weighted by Crippen LogP contribution is -2.29. The molecule has 3 N–H and O–H groups in total. The van der Waals surface area contributed by atoms with Crippen LogP contribution in [-0.2, 0) is 4.74 Å². The molecule has 0 aliphatic heterocycles. The number of rotatable bonds is 6. The molecule has 1 aromatic rings. The van der Waals surface area contributed by atoms with Crippen molar-refractivity contribution >= 4 is 5.69 Å². The molecule has 0 aromatic heterocycles. The standard InChI is InChI=1S/C11H13F5N2O/c1-19-4-5(2-3-17)18-11-9(15)7(13)6(12)8(14)10(11)16/h5,18H,2-4,17H2,1H3. The summed E-state index contributed by atoms with van der Waals surface area (Å²) in [6, 6.07) is -0.664. The minimum atomic E-state index is -2.19. The number of halogens is 5. The first-order chi connectivity index (χ1) is 8.93. The predicted molar refractivity (Wildman–Crippen MR) is 59.2 cm³/mol. The van der Waals surface area contributed by atoms with Gasteiger partial charge < -0.3 is 15.8 Å². The first-order valence-corrected chi connectivity index (χ1v) is 5.41. The SMILES string of the molecule is COCC(CCN)Nc1c(F)c(F)c(F)c(F)c1F. The molecule has 0 saturated carbocycles. The van der Waals surface area contributed by atoms with Crippen LogP contribution in [0.5, 0.6) is 0 Å². The first-order valence-electron chi connectivity index (χ1n) is 5.41. The fraction of sp³-hybridized carbons (Fsp3) is 0.455. The fourth-order valence-corrected chi connectivity index (χ4v) is 1.54. The molecule has 108 valence electrons. The molecule has 0 aliphatic carbocycles. The van der Waals surface area contributed by atoms with Gasteiger partial charge in [0.15, 0.2) is 23.3 Å². The highest BCUT2D eigenvalue weighted by Gasteiger charge is 2.26. The van der Waals surface area contributed by atoms with E-state index in [0.717, 1.165) is 0 Å². The number of hydrogen-bond acceptors (Lipinski definition) is 3. The van der Waals surface area contributed by atoms with E-state index in [1.807, 2.05) is 0 Å². The van der Waals surface area contributed by atoms with Gasteiger partial charge in [0, 0.05) is 7.11 Å². The van der Waals surface area contributed by atoms with E-state index in [1.54, 1.807) is 0 Å². The van der Waals surface area contributed by atoms with Gasteiger partial charge in [0.1, 0.15) is 5.69 Å². The molecular formula is C11H13F5N2O. The van der Waals surface area contributed by atoms with Gasteiger partial charge in [-0.05, 0) is 13.0 Å². The van der Waals surface area contributed by atoms with E-state index in [4.69, 9.17) is 10.5 Å². The summed E-state index contributed by atoms with van der Waals surface area (Å²) in [7, 11) is 1.34. The summed E-state index contributed by atoms with van der Waals surface area (Å²) in [5, 5.41) is 2.22. The molecule has 3 nitrogen and oxygen atoms in total. The van der Waals surface area contributed by atoms with Crippen molar-refractivity contribution in [1.29, 1.82) is 0 Å². The van der Waals surface area contributed by atoms with Gasteiger partial charge in [-0.15, -0.1) is 0 Å². The maximum atomic E-state index is 13.4. The quantitative estimate of drug-likeness (QED) is 0.478. The zero-order chi connectivity index (χ0) is 14.6. The highest BCUT2D eigenvalue weighted by atomic mass is 19.2. The zero-order valence-corrected chi connectivity index (χ0v) is 10.1. The van der Waals surface area contributed by atoms with Crippen LogP contribution in [0.1, 0.15) is 6.42 Å². The summed E-state index contributed by atoms with van der Waals surface area (Å²) in [6.07, 6.45) is 0.243. The minimum Gasteiger partial charge on any atom is -0.383 e. The molecule has 1 rings (SSSR count). The minimum absolute atomic E-state index is 0.0106. The maximum absolute atomic E-state index is 13.4. The molecule has 8 heteroatoms. The monoisotopic (exact) mass is 284 g/mol. The molecular weight excluding hydrogens is 271 g/mol. The van der Waals surface area contributed by atoms with Gasteiger partial charge in [0.2, 0.25) is 5.82 Å². The number of anilines is 1. The van der Waals surface area contributed by atoms with E-state index in [9.17, 15) is 22.0 Å². The summed E-state index contributed by atoms with van der Waals surface area (Å²) in [6.45, 7) is 0.174. The molecule has 0 saturated heterocycles. The second-order valence-electron chi connectivity index (χ2n) is 3.82. The lowest BCUT2D eigenvalue weighted by Gasteiger charge is -2.19. The van der Waals surface area contributed by atoms with Crippen LogP contribution in [-0.4, -0.2) is 26.3 Å². The molecule has 0 heterocycles. The third-order valence-corrected chi connectivity index (χ3v) is 2.44. The topological polar surface area (TPSA) is 47.3 Å². The largest absolute Gasteiger partial charge is 0.383 e. The lowest BCUT2D eigenvalue weighted by atomic mass is 10.2. The number of ether oxygens (including phenoxy) is 1. The van der Waals surface area contributed by atoms with Gasteiger partial charge in [0.25, 0.3) is 0 Å². The van der Waals surface area contributed by atoms with Gasteiger partial charge in [-0.25, -0.2) is 22.0 Å². The Kier molecular flexibility index (Phi) is 5.49. The van der Waals surface area contributed by atoms with Gasteiger partial charge in [-0.1, -0.05) is 0 Å². The molecule has 0 bridgehead atoms. The highest BCUT2D eigenvalue weighted by Crippen LogP contribution is 2.27. The van der Waals surface area contributed by atoms with Gasteiger partial charge in [-0.2, -0.15) is 0 Å². The first kappa shape index (κ1) is 15.6. The lowest BCUT2D eigenvalue weighted by molar-refractivity contribution is 0.183. The summed E-state index contributed by atoms with van der Waals surface area (Å²) in [5.74, 6) is -10.00. The molecule has 0 spiro atoms. The number of hydrogen-bond donors (Lipinski definition) is 2. The van der Waals surface area contributed by atoms with Crippen molar-refractivity contribution in [3.05, 3.63) is 29.1 Å². The van der Waals surface area contributed by atoms with E-state index >= 15 is 0 Å². The molecule has 1 unspecified atom stereocenters. The van der Waals surface area contributed by atoms with Crippen LogP contribution in [0, 0.1) is 29.1 Å². The average Bonchev–Trinajstić information content (AvgIpc) is 2.39. The molecule has 0 amide bonds. The second-order valence-corrected chi connectivity index (χ2v) is 3.82. The van der Waals surface area contributed by atoms with E-state index < -0.39 is 40.8 Å². The Morgan fingerprint density at radius 3 is 1.89 bits per heavy atom. The average molecular weight is 284 g/mol. The van der Waals surface area contributed by atoms with E-state index in [-0.39, 0.29) is 19.6 Å². The summed E-state index contributed by atoms with van der Waals surface area (Å²) in [4.78, 5) is 0. The van der Waals surface area contributed by atoms with E-state index in [2.05, 4.69) is 5.32 Å². The summed E-state index contributed by atoms with van der Waals surface area (Å²) in [5.41, 5.74) is 4.21. The molecule has 0 fully saturated rings. The molecule has 19 heavy (non-hydrogen) atoms. The van der Waals surface area contributed by atoms with Crippen LogP contribution >= 0.6 is 0 Å². The predicted octanol–water partition coefficient (Wildman–Crippen LogP) is 2.16. The third kappa shape index (κ3) is 3.32. The Morgan fingerprint density at radius 2 is 1.47 bits per heavy atom. The normalized spacial score (nSPS) is 12.6. The zero-order valence-electron chi connectivity index (χ0n) is 10.1. The molecule has 0 radical (unpaired) electrons. The summed E-state index contributed by atoms with van der Waals surface area (Å²) < 4.78 is 70.3. The Labute approximate surface area is 106 Å². The van der Waals surface area contributed by atoms with Crippen LogP contribution in [0.2, 0.25) is 0 Å². The summed E-state index contributed by atoms with van der Waals surface area (Å²) >= 11 is 0. The number of methoxy groups -OCH3 is 1. The maximum Gasteiger partial charge on any atom is 0.200 e. The van der Waals surface area contributed by atoms with E-state index in [0.29, 0.717) is 0 Å². The Morgan fingerprint density at radius 1 is 1.00 bits per heavy atom. The second kappa shape index (κ2) is 6.67. The molecule has 1 atom stereocenters. The van der Waals surface area contributed by atoms with Crippen LogP contribution < -0.4 is 11.1 Å². The van der Waals surface area contributed by atoms with Crippen LogP contribution in [0.4, 0.5) is 27.6 Å². The van der Waals surface area contributed by atoms with Crippen molar-refractivity contribution in [3.8, 4) is 0 Å². The smallest absolute Gasteiger partial charge is 0.200 e. The Balaban J connectivity index is 3.12. The van der Waals surface area contributed by atoms with E-state index in [1.165, 1.54) is 7.11 Å². The van der Waals surface area contributed by atoms with Crippen LogP contribution in [0.3, 0.4) is 0 Å². The molecule has 1 aromatic carbocycles. The van der Waals surface area contributed by atoms with Gasteiger partial charge in [-0.3, -0.25) is 0 Å². The Hall–Kier alpha value is -1.41. The molecule has 0 aliphatic rings. The van der Waals surface area contributed by atoms with Crippen molar-refractivity contribution in [2.75, 3.05) is 25.6 Å². The number of nitrogens with one attached hydrogen (secondary N) is 1. The van der Waals surface area contributed by atoms with Gasteiger partial charge >= 0.3 is 0 Å². The van der Waals surface area contributed by atoms with Crippen molar-refractivity contribution < 1.29 is 26.7 Å². The number of nitrogens with two attached hydrogens (primary N) is 1. The van der Waals surface area contributed by atoms with Crippen molar-refractivity contribution in [2.45, 2.75) is 12.5 Å². The highest BCUT2D eigenvalue weighted by molar-refractivity contribution is 5.48. The van der Waals surface area contributed by atoms with Gasteiger partial charge in [0.05, 0.1) is 12.6 Å². The fourth-order valence-electron chi connectivity index (χ4n) is 1.54. The van der Waals surface area contributed by atoms with Crippen molar-refractivity contribution in [1.82, 2.24) is 0 Å². The van der Waals surface area contributed by atoms with Crippen LogP contribution in [0.25, 0.3) is 0 Å². The number of benzene rings is 1. The van der Waals surface area contributed by atoms with Crippen LogP contribution in [0.15, 0.2) is 0 Å². The van der Waals surface area contributed by atoms with Crippen molar-refractivity contribution in [2.24, 2.45) is 5.73 Å².